The van der Waals surface area contributed by atoms with E-state index in [9.17, 15) is 9.59 Å². The first kappa shape index (κ1) is 15.0. The topological polar surface area (TPSA) is 56.5 Å². The molecule has 0 unspecified atom stereocenters. The fourth-order valence-corrected chi connectivity index (χ4v) is 2.69. The Kier molecular flexibility index (Phi) is 3.74. The van der Waals surface area contributed by atoms with E-state index in [4.69, 9.17) is 9.15 Å². The first-order valence-corrected chi connectivity index (χ1v) is 7.30. The van der Waals surface area contributed by atoms with Crippen LogP contribution in [0.25, 0.3) is 22.1 Å². The minimum atomic E-state index is -0.410. The average molecular weight is 308 g/mol. The monoisotopic (exact) mass is 308 g/mol. The standard InChI is InChI=1S/C19H16O4/c1-11-16(23-13(3)20)10-9-15-18(21)17(12(2)22-19(11)15)14-7-5-4-6-8-14/h4-10H,1-3H3. The van der Waals surface area contributed by atoms with E-state index in [1.807, 2.05) is 30.3 Å². The molecule has 0 amide bonds. The lowest BCUT2D eigenvalue weighted by Crippen LogP contribution is -2.09. The van der Waals surface area contributed by atoms with Gasteiger partial charge in [0.25, 0.3) is 0 Å². The van der Waals surface area contributed by atoms with Crippen molar-refractivity contribution >= 4 is 16.9 Å². The predicted molar refractivity (Wildman–Crippen MR) is 88.7 cm³/mol. The molecule has 0 radical (unpaired) electrons. The lowest BCUT2D eigenvalue weighted by molar-refractivity contribution is -0.131. The number of hydrogen-bond acceptors (Lipinski definition) is 4. The van der Waals surface area contributed by atoms with Crippen LogP contribution in [0.5, 0.6) is 5.75 Å². The van der Waals surface area contributed by atoms with Crippen LogP contribution in [0, 0.1) is 13.8 Å². The summed E-state index contributed by atoms with van der Waals surface area (Å²) in [6, 6.07) is 12.7. The molecule has 0 fully saturated rings. The Morgan fingerprint density at radius 2 is 1.74 bits per heavy atom. The van der Waals surface area contributed by atoms with Gasteiger partial charge < -0.3 is 9.15 Å². The highest BCUT2D eigenvalue weighted by atomic mass is 16.5. The Morgan fingerprint density at radius 3 is 2.39 bits per heavy atom. The molecule has 0 aliphatic rings. The Morgan fingerprint density at radius 1 is 1.04 bits per heavy atom. The summed E-state index contributed by atoms with van der Waals surface area (Å²) in [6.45, 7) is 4.87. The third-order valence-electron chi connectivity index (χ3n) is 3.75. The van der Waals surface area contributed by atoms with Crippen LogP contribution in [0.2, 0.25) is 0 Å². The zero-order valence-electron chi connectivity index (χ0n) is 13.2. The molecular weight excluding hydrogens is 292 g/mol. The van der Waals surface area contributed by atoms with Crippen LogP contribution in [0.3, 0.4) is 0 Å². The van der Waals surface area contributed by atoms with Crippen molar-refractivity contribution in [2.24, 2.45) is 0 Å². The van der Waals surface area contributed by atoms with Gasteiger partial charge in [0.2, 0.25) is 5.43 Å². The number of benzene rings is 2. The maximum absolute atomic E-state index is 12.9. The minimum Gasteiger partial charge on any atom is -0.460 e. The fourth-order valence-electron chi connectivity index (χ4n) is 2.69. The Balaban J connectivity index is 2.29. The molecule has 116 valence electrons. The van der Waals surface area contributed by atoms with Crippen molar-refractivity contribution in [1.82, 2.24) is 0 Å². The Hall–Kier alpha value is -2.88. The molecule has 1 aromatic heterocycles. The molecule has 0 N–H and O–H groups in total. The van der Waals surface area contributed by atoms with Crippen molar-refractivity contribution in [2.75, 3.05) is 0 Å². The molecule has 0 saturated carbocycles. The predicted octanol–water partition coefficient (Wildman–Crippen LogP) is 4.00. The largest absolute Gasteiger partial charge is 0.460 e. The lowest BCUT2D eigenvalue weighted by Gasteiger charge is -2.11. The zero-order chi connectivity index (χ0) is 16.6. The van der Waals surface area contributed by atoms with Gasteiger partial charge in [-0.15, -0.1) is 0 Å². The van der Waals surface area contributed by atoms with Crippen molar-refractivity contribution in [3.05, 3.63) is 64.0 Å². The summed E-state index contributed by atoms with van der Waals surface area (Å²) >= 11 is 0. The average Bonchev–Trinajstić information content (AvgIpc) is 2.51. The van der Waals surface area contributed by atoms with Crippen LogP contribution in [-0.4, -0.2) is 5.97 Å². The molecule has 4 heteroatoms. The number of hydrogen-bond donors (Lipinski definition) is 0. The number of aryl methyl sites for hydroxylation is 2. The van der Waals surface area contributed by atoms with E-state index in [2.05, 4.69) is 0 Å². The molecule has 0 aliphatic carbocycles. The minimum absolute atomic E-state index is 0.0903. The van der Waals surface area contributed by atoms with Crippen LogP contribution in [0.15, 0.2) is 51.7 Å². The molecule has 1 heterocycles. The number of rotatable bonds is 2. The second-order valence-corrected chi connectivity index (χ2v) is 5.39. The van der Waals surface area contributed by atoms with Crippen LogP contribution in [0.4, 0.5) is 0 Å². The van der Waals surface area contributed by atoms with Crippen molar-refractivity contribution in [3.8, 4) is 16.9 Å². The maximum atomic E-state index is 12.9. The molecule has 0 aliphatic heterocycles. The highest BCUT2D eigenvalue weighted by Crippen LogP contribution is 2.30. The molecule has 3 aromatic rings. The first-order valence-electron chi connectivity index (χ1n) is 7.30. The smallest absolute Gasteiger partial charge is 0.308 e. The van der Waals surface area contributed by atoms with E-state index >= 15 is 0 Å². The Bertz CT molecular complexity index is 953. The molecule has 0 bridgehead atoms. The number of carbonyl (C=O) groups is 1. The van der Waals surface area contributed by atoms with Gasteiger partial charge in [-0.2, -0.15) is 0 Å². The third-order valence-corrected chi connectivity index (χ3v) is 3.75. The summed E-state index contributed by atoms with van der Waals surface area (Å²) in [5, 5.41) is 0.475. The van der Waals surface area contributed by atoms with E-state index in [1.165, 1.54) is 6.92 Å². The van der Waals surface area contributed by atoms with Crippen molar-refractivity contribution in [2.45, 2.75) is 20.8 Å². The third kappa shape index (κ3) is 2.63. The summed E-state index contributed by atoms with van der Waals surface area (Å²) < 4.78 is 11.0. The van der Waals surface area contributed by atoms with Gasteiger partial charge in [0, 0.05) is 12.5 Å². The molecule has 2 aromatic carbocycles. The van der Waals surface area contributed by atoms with Gasteiger partial charge in [-0.05, 0) is 31.5 Å². The van der Waals surface area contributed by atoms with E-state index in [1.54, 1.807) is 26.0 Å². The molecular formula is C19H16O4. The van der Waals surface area contributed by atoms with E-state index in [0.29, 0.717) is 33.6 Å². The molecule has 23 heavy (non-hydrogen) atoms. The second-order valence-electron chi connectivity index (χ2n) is 5.39. The van der Waals surface area contributed by atoms with E-state index in [-0.39, 0.29) is 5.43 Å². The summed E-state index contributed by atoms with van der Waals surface area (Å²) in [4.78, 5) is 24.0. The van der Waals surface area contributed by atoms with Crippen molar-refractivity contribution in [3.63, 3.8) is 0 Å². The van der Waals surface area contributed by atoms with Gasteiger partial charge in [0.05, 0.1) is 10.9 Å². The SMILES string of the molecule is CC(=O)Oc1ccc2c(=O)c(-c3ccccc3)c(C)oc2c1C. The molecule has 3 rings (SSSR count). The molecule has 0 spiro atoms. The van der Waals surface area contributed by atoms with Gasteiger partial charge in [-0.1, -0.05) is 30.3 Å². The van der Waals surface area contributed by atoms with Crippen LogP contribution >= 0.6 is 0 Å². The summed E-state index contributed by atoms with van der Waals surface area (Å²) in [7, 11) is 0. The number of esters is 1. The first-order chi connectivity index (χ1) is 11.0. The van der Waals surface area contributed by atoms with Gasteiger partial charge in [0.15, 0.2) is 0 Å². The summed E-state index contributed by atoms with van der Waals surface area (Å²) in [5.74, 6) is 0.532. The van der Waals surface area contributed by atoms with Crippen LogP contribution < -0.4 is 10.2 Å². The summed E-state index contributed by atoms with van der Waals surface area (Å²) in [5.41, 5.74) is 2.37. The van der Waals surface area contributed by atoms with Crippen LogP contribution in [-0.2, 0) is 4.79 Å². The van der Waals surface area contributed by atoms with Gasteiger partial charge >= 0.3 is 5.97 Å². The fraction of sp³-hybridized carbons (Fsp3) is 0.158. The van der Waals surface area contributed by atoms with Gasteiger partial charge in [-0.25, -0.2) is 0 Å². The van der Waals surface area contributed by atoms with Gasteiger partial charge in [-0.3, -0.25) is 9.59 Å². The maximum Gasteiger partial charge on any atom is 0.308 e. The summed E-state index contributed by atoms with van der Waals surface area (Å²) in [6.07, 6.45) is 0. The molecule has 4 nitrogen and oxygen atoms in total. The zero-order valence-corrected chi connectivity index (χ0v) is 13.2. The molecule has 0 saturated heterocycles. The second kappa shape index (κ2) is 5.72. The normalized spacial score (nSPS) is 10.7. The van der Waals surface area contributed by atoms with E-state index < -0.39 is 5.97 Å². The number of fused-ring (bicyclic) bond motifs is 1. The number of ether oxygens (including phenoxy) is 1. The van der Waals surface area contributed by atoms with Crippen LogP contribution in [0.1, 0.15) is 18.2 Å². The van der Waals surface area contributed by atoms with Gasteiger partial charge in [0.1, 0.15) is 17.1 Å². The Labute approximate surface area is 133 Å². The highest BCUT2D eigenvalue weighted by Gasteiger charge is 2.17. The number of carbonyl (C=O) groups excluding carboxylic acids is 1. The van der Waals surface area contributed by atoms with Crippen molar-refractivity contribution in [1.29, 1.82) is 0 Å². The molecule has 0 atom stereocenters. The van der Waals surface area contributed by atoms with E-state index in [0.717, 1.165) is 5.56 Å². The van der Waals surface area contributed by atoms with Crippen molar-refractivity contribution < 1.29 is 13.9 Å². The lowest BCUT2D eigenvalue weighted by atomic mass is 10.0. The highest BCUT2D eigenvalue weighted by molar-refractivity contribution is 5.87. The quantitative estimate of drug-likeness (QED) is 0.530.